The van der Waals surface area contributed by atoms with Crippen LogP contribution in [0.15, 0.2) is 109 Å². The van der Waals surface area contributed by atoms with E-state index in [0.29, 0.717) is 0 Å². The van der Waals surface area contributed by atoms with Gasteiger partial charge in [0.25, 0.3) is 0 Å². The van der Waals surface area contributed by atoms with E-state index in [1.807, 2.05) is 12.2 Å². The van der Waals surface area contributed by atoms with Crippen molar-refractivity contribution in [2.75, 3.05) is 0 Å². The Bertz CT molecular complexity index is 1590. The summed E-state index contributed by atoms with van der Waals surface area (Å²) >= 11 is 2.18. The van der Waals surface area contributed by atoms with E-state index in [2.05, 4.69) is 179 Å². The minimum Gasteiger partial charge on any atom is -1.00 e. The fourth-order valence-electron chi connectivity index (χ4n) is 4.88. The SMILES string of the molecule is CC(C)(C)c1ccc2[cH-]c3ccc(C(C)(C)C)cc3c2c1.Cc1ccc([C](=[Ti+2])c2ccc(C)cc2)cc1.[C-]1=CC=CC1.[Cl-].[Cl-]. The van der Waals surface area contributed by atoms with Crippen LogP contribution in [0.5, 0.6) is 0 Å². The Morgan fingerprint density at radius 2 is 1.05 bits per heavy atom. The smallest absolute Gasteiger partial charge is 0.109 e. The van der Waals surface area contributed by atoms with E-state index in [1.165, 1.54) is 58.7 Å². The first-order valence-electron chi connectivity index (χ1n) is 14.9. The summed E-state index contributed by atoms with van der Waals surface area (Å²) in [6.07, 6.45) is 10.0. The molecule has 0 N–H and O–H groups in total. The quantitative estimate of drug-likeness (QED) is 0.185. The zero-order valence-electron chi connectivity index (χ0n) is 27.4. The van der Waals surface area contributed by atoms with Gasteiger partial charge < -0.3 is 24.8 Å². The summed E-state index contributed by atoms with van der Waals surface area (Å²) in [5, 5.41) is 5.49. The van der Waals surface area contributed by atoms with Crippen LogP contribution in [0.3, 0.4) is 0 Å². The van der Waals surface area contributed by atoms with E-state index in [0.717, 1.165) is 6.42 Å². The molecule has 5 aromatic carbocycles. The standard InChI is InChI=1S/C21H25.C15H14.C5H5.2ClH.Ti/c1-20(2,3)16-9-7-14-11-15-8-10-17(21(4,5)6)13-19(15)18(14)12-16;1-12-3-7-14(8-4-12)11-15-9-5-13(2)6-10-15;1-2-4-5-3-1;;;/h7-13H,1-6H3;3-10H,1-2H3;1-3H,4H2;2*1H;/q-1;;-1;;;+2/p-2. The maximum Gasteiger partial charge on any atom is -0.109 e. The van der Waals surface area contributed by atoms with Crippen molar-refractivity contribution in [2.45, 2.75) is 72.6 Å². The second kappa shape index (κ2) is 16.1. The molecule has 0 aromatic heterocycles. The number of benzene rings is 4. The van der Waals surface area contributed by atoms with Crippen LogP contribution in [0.4, 0.5) is 0 Å². The summed E-state index contributed by atoms with van der Waals surface area (Å²) in [4.78, 5) is 0. The Kier molecular flexibility index (Phi) is 13.8. The molecule has 0 saturated carbocycles. The van der Waals surface area contributed by atoms with Crippen molar-refractivity contribution in [3.05, 3.63) is 149 Å². The Balaban J connectivity index is 0.000000260. The number of hydrogen-bond acceptors (Lipinski definition) is 0. The van der Waals surface area contributed by atoms with Gasteiger partial charge >= 0.3 is 108 Å². The van der Waals surface area contributed by atoms with Crippen LogP contribution in [0.2, 0.25) is 0 Å². The van der Waals surface area contributed by atoms with Crippen LogP contribution in [0.1, 0.15) is 81.3 Å². The average molecular weight is 656 g/mol. The Morgan fingerprint density at radius 3 is 1.34 bits per heavy atom. The van der Waals surface area contributed by atoms with Gasteiger partial charge in [0.1, 0.15) is 0 Å². The van der Waals surface area contributed by atoms with Crippen molar-refractivity contribution in [3.63, 3.8) is 0 Å². The molecule has 0 atom stereocenters. The molecular formula is C41H44Cl2Ti-2. The molecule has 1 aliphatic rings. The Hall–Kier alpha value is -2.61. The molecule has 44 heavy (non-hydrogen) atoms. The van der Waals surface area contributed by atoms with E-state index in [4.69, 9.17) is 0 Å². The van der Waals surface area contributed by atoms with Crippen molar-refractivity contribution in [2.24, 2.45) is 0 Å². The summed E-state index contributed by atoms with van der Waals surface area (Å²) in [5.74, 6) is 0. The van der Waals surface area contributed by atoms with Crippen LogP contribution in [0.25, 0.3) is 21.5 Å². The van der Waals surface area contributed by atoms with Gasteiger partial charge in [0, 0.05) is 0 Å². The number of rotatable bonds is 2. The first kappa shape index (κ1) is 37.6. The minimum absolute atomic E-state index is 0. The van der Waals surface area contributed by atoms with E-state index < -0.39 is 0 Å². The molecule has 0 bridgehead atoms. The summed E-state index contributed by atoms with van der Waals surface area (Å²) in [7, 11) is 0. The number of fused-ring (bicyclic) bond motifs is 3. The number of hydrogen-bond donors (Lipinski definition) is 0. The van der Waals surface area contributed by atoms with E-state index in [9.17, 15) is 0 Å². The Morgan fingerprint density at radius 1 is 0.636 bits per heavy atom. The van der Waals surface area contributed by atoms with E-state index in [1.54, 1.807) is 0 Å². The molecule has 0 radical (unpaired) electrons. The van der Waals surface area contributed by atoms with Crippen LogP contribution in [-0.2, 0) is 30.8 Å². The van der Waals surface area contributed by atoms with Gasteiger partial charge in [0.05, 0.1) is 0 Å². The third-order valence-corrected chi connectivity index (χ3v) is 8.61. The fraction of sp³-hybridized carbons (Fsp3) is 0.268. The van der Waals surface area contributed by atoms with Crippen LogP contribution >= 0.6 is 0 Å². The molecule has 3 heteroatoms. The van der Waals surface area contributed by atoms with Gasteiger partial charge in [-0.05, 0) is 10.8 Å². The summed E-state index contributed by atoms with van der Waals surface area (Å²) in [6.45, 7) is 17.9. The topological polar surface area (TPSA) is 0 Å². The predicted octanol–water partition coefficient (Wildman–Crippen LogP) is 5.04. The number of halogens is 2. The minimum atomic E-state index is 0. The van der Waals surface area contributed by atoms with Crippen LogP contribution in [0, 0.1) is 19.9 Å². The molecule has 228 valence electrons. The summed E-state index contributed by atoms with van der Waals surface area (Å²) in [5.41, 5.74) is 8.41. The first-order chi connectivity index (χ1) is 19.8. The number of aryl methyl sites for hydroxylation is 2. The zero-order chi connectivity index (χ0) is 30.5. The van der Waals surface area contributed by atoms with E-state index in [-0.39, 0.29) is 35.6 Å². The number of allylic oxidation sites excluding steroid dienone is 4. The predicted molar refractivity (Wildman–Crippen MR) is 182 cm³/mol. The summed E-state index contributed by atoms with van der Waals surface area (Å²) in [6, 6.07) is 33.5. The van der Waals surface area contributed by atoms with Gasteiger partial charge in [-0.1, -0.05) is 76.9 Å². The molecule has 0 spiro atoms. The molecule has 5 aromatic rings. The molecule has 0 saturated heterocycles. The average Bonchev–Trinajstić information content (AvgIpc) is 3.64. The summed E-state index contributed by atoms with van der Waals surface area (Å²) < 4.78 is 1.33. The third-order valence-electron chi connectivity index (χ3n) is 7.71. The molecule has 0 fully saturated rings. The molecule has 1 aliphatic carbocycles. The molecule has 0 aliphatic heterocycles. The van der Waals surface area contributed by atoms with Gasteiger partial charge in [0.15, 0.2) is 0 Å². The van der Waals surface area contributed by atoms with Crippen molar-refractivity contribution >= 4 is 25.4 Å². The van der Waals surface area contributed by atoms with Gasteiger partial charge in [0.2, 0.25) is 0 Å². The fourth-order valence-corrected chi connectivity index (χ4v) is 5.40. The molecule has 0 unspecified atom stereocenters. The van der Waals surface area contributed by atoms with Gasteiger partial charge in [-0.3, -0.25) is 6.08 Å². The van der Waals surface area contributed by atoms with Gasteiger partial charge in [-0.25, -0.2) is 12.2 Å². The van der Waals surface area contributed by atoms with Gasteiger partial charge in [-0.2, -0.15) is 6.08 Å². The normalized spacial score (nSPS) is 12.0. The maximum atomic E-state index is 2.99. The van der Waals surface area contributed by atoms with Gasteiger partial charge in [-0.15, -0.1) is 46.2 Å². The maximum absolute atomic E-state index is 2.99. The van der Waals surface area contributed by atoms with E-state index >= 15 is 0 Å². The van der Waals surface area contributed by atoms with Crippen molar-refractivity contribution in [3.8, 4) is 0 Å². The second-order valence-corrected chi connectivity index (χ2v) is 14.1. The van der Waals surface area contributed by atoms with Crippen molar-refractivity contribution in [1.82, 2.24) is 0 Å². The zero-order valence-corrected chi connectivity index (χ0v) is 30.4. The molecular weight excluding hydrogens is 611 g/mol. The van der Waals surface area contributed by atoms with Crippen LogP contribution < -0.4 is 24.8 Å². The largest absolute Gasteiger partial charge is 1.00 e. The molecule has 6 rings (SSSR count). The monoisotopic (exact) mass is 654 g/mol. The Labute approximate surface area is 289 Å². The van der Waals surface area contributed by atoms with Crippen LogP contribution in [-0.4, -0.2) is 3.81 Å². The van der Waals surface area contributed by atoms with Crippen molar-refractivity contribution in [1.29, 1.82) is 0 Å². The molecule has 0 amide bonds. The third kappa shape index (κ3) is 9.95. The first-order valence-corrected chi connectivity index (χ1v) is 15.7. The molecule has 0 heterocycles. The van der Waals surface area contributed by atoms with Crippen molar-refractivity contribution < 1.29 is 44.8 Å². The molecule has 0 nitrogen and oxygen atoms in total. The second-order valence-electron chi connectivity index (χ2n) is 13.4.